The predicted octanol–water partition coefficient (Wildman–Crippen LogP) is 2.13. The zero-order valence-corrected chi connectivity index (χ0v) is 12.5. The van der Waals surface area contributed by atoms with Crippen molar-refractivity contribution < 1.29 is 13.2 Å². The number of rotatable bonds is 3. The lowest BCUT2D eigenvalue weighted by Crippen LogP contribution is -2.25. The van der Waals surface area contributed by atoms with Gasteiger partial charge in [0.2, 0.25) is 15.0 Å². The lowest BCUT2D eigenvalue weighted by Gasteiger charge is -2.18. The molecule has 0 N–H and O–H groups in total. The maximum Gasteiger partial charge on any atom is 0.232 e. The summed E-state index contributed by atoms with van der Waals surface area (Å²) in [6, 6.07) is 6.57. The van der Waals surface area contributed by atoms with Crippen LogP contribution in [0.4, 0.5) is 5.69 Å². The highest BCUT2D eigenvalue weighted by Crippen LogP contribution is 2.32. The quantitative estimate of drug-likeness (QED) is 0.794. The summed E-state index contributed by atoms with van der Waals surface area (Å²) >= 11 is 6.03. The van der Waals surface area contributed by atoms with E-state index < -0.39 is 9.05 Å². The first kappa shape index (κ1) is 15.1. The molecule has 0 radical (unpaired) electrons. The van der Waals surface area contributed by atoms with Gasteiger partial charge < -0.3 is 4.90 Å². The van der Waals surface area contributed by atoms with Crippen LogP contribution in [0.25, 0.3) is 0 Å². The molecule has 1 aliphatic rings. The van der Waals surface area contributed by atoms with Crippen molar-refractivity contribution in [2.45, 2.75) is 6.42 Å². The molecular formula is C12H10Cl2N2O3S. The summed E-state index contributed by atoms with van der Waals surface area (Å²) in [4.78, 5) is 13.4. The van der Waals surface area contributed by atoms with Crippen molar-refractivity contribution in [1.82, 2.24) is 0 Å². The van der Waals surface area contributed by atoms with Gasteiger partial charge in [-0.2, -0.15) is 5.26 Å². The number of hydrogen-bond acceptors (Lipinski definition) is 4. The van der Waals surface area contributed by atoms with Crippen molar-refractivity contribution in [1.29, 1.82) is 5.26 Å². The van der Waals surface area contributed by atoms with Crippen LogP contribution in [0, 0.1) is 17.2 Å². The minimum Gasteiger partial charge on any atom is -0.311 e. The fourth-order valence-electron chi connectivity index (χ4n) is 2.20. The van der Waals surface area contributed by atoms with Crippen LogP contribution >= 0.6 is 22.3 Å². The highest BCUT2D eigenvalue weighted by molar-refractivity contribution is 8.13. The standard InChI is InChI=1S/C12H10Cl2N2O3S/c13-10-2-1-8(5-15)3-11(10)16-6-9(4-12(16)17)7-20(14,18)19/h1-3,9H,4,6-7H2. The van der Waals surface area contributed by atoms with Gasteiger partial charge in [-0.05, 0) is 18.2 Å². The molecule has 1 unspecified atom stereocenters. The topological polar surface area (TPSA) is 78.2 Å². The maximum absolute atomic E-state index is 12.0. The van der Waals surface area contributed by atoms with Crippen molar-refractivity contribution in [2.24, 2.45) is 5.92 Å². The van der Waals surface area contributed by atoms with E-state index in [9.17, 15) is 13.2 Å². The van der Waals surface area contributed by atoms with Crippen LogP contribution < -0.4 is 4.90 Å². The number of hydrogen-bond donors (Lipinski definition) is 0. The monoisotopic (exact) mass is 332 g/mol. The molecule has 0 spiro atoms. The molecule has 106 valence electrons. The molecule has 1 fully saturated rings. The van der Waals surface area contributed by atoms with Crippen LogP contribution in [0.5, 0.6) is 0 Å². The van der Waals surface area contributed by atoms with Gasteiger partial charge in [0.25, 0.3) is 0 Å². The Morgan fingerprint density at radius 2 is 2.15 bits per heavy atom. The van der Waals surface area contributed by atoms with Gasteiger partial charge in [-0.15, -0.1) is 0 Å². The Bertz CT molecular complexity index is 697. The van der Waals surface area contributed by atoms with Crippen molar-refractivity contribution in [2.75, 3.05) is 17.2 Å². The summed E-state index contributed by atoms with van der Waals surface area (Å²) in [6.45, 7) is 0.222. The zero-order valence-electron chi connectivity index (χ0n) is 10.2. The van der Waals surface area contributed by atoms with Gasteiger partial charge in [0.15, 0.2) is 0 Å². The summed E-state index contributed by atoms with van der Waals surface area (Å²) in [5.41, 5.74) is 0.802. The smallest absolute Gasteiger partial charge is 0.232 e. The summed E-state index contributed by atoms with van der Waals surface area (Å²) in [6.07, 6.45) is 0.0963. The average molecular weight is 333 g/mol. The minimum absolute atomic E-state index is 0.0963. The Hall–Kier alpha value is -1.29. The molecule has 5 nitrogen and oxygen atoms in total. The number of benzene rings is 1. The van der Waals surface area contributed by atoms with E-state index in [1.807, 2.05) is 6.07 Å². The fraction of sp³-hybridized carbons (Fsp3) is 0.333. The van der Waals surface area contributed by atoms with Gasteiger partial charge in [-0.25, -0.2) is 8.42 Å². The largest absolute Gasteiger partial charge is 0.311 e. The second-order valence-corrected chi connectivity index (χ2v) is 7.79. The SMILES string of the molecule is N#Cc1ccc(Cl)c(N2CC(CS(=O)(=O)Cl)CC2=O)c1. The molecule has 0 bridgehead atoms. The van der Waals surface area contributed by atoms with Gasteiger partial charge in [0, 0.05) is 29.6 Å². The van der Waals surface area contributed by atoms with Gasteiger partial charge in [0.1, 0.15) is 0 Å². The van der Waals surface area contributed by atoms with Crippen LogP contribution in [0.2, 0.25) is 5.02 Å². The summed E-state index contributed by atoms with van der Waals surface area (Å²) in [5, 5.41) is 9.21. The first-order chi connectivity index (χ1) is 9.30. The Morgan fingerprint density at radius 1 is 1.45 bits per heavy atom. The van der Waals surface area contributed by atoms with Crippen LogP contribution in [-0.2, 0) is 13.8 Å². The Balaban J connectivity index is 2.26. The Morgan fingerprint density at radius 3 is 2.75 bits per heavy atom. The molecule has 20 heavy (non-hydrogen) atoms. The van der Waals surface area contributed by atoms with Crippen LogP contribution in [0.1, 0.15) is 12.0 Å². The highest BCUT2D eigenvalue weighted by atomic mass is 35.7. The summed E-state index contributed by atoms with van der Waals surface area (Å²) < 4.78 is 22.1. The molecule has 0 saturated carbocycles. The van der Waals surface area contributed by atoms with Crippen molar-refractivity contribution in [3.63, 3.8) is 0 Å². The molecule has 1 aromatic rings. The van der Waals surface area contributed by atoms with Crippen LogP contribution in [0.15, 0.2) is 18.2 Å². The predicted molar refractivity (Wildman–Crippen MR) is 76.3 cm³/mol. The van der Waals surface area contributed by atoms with E-state index in [1.165, 1.54) is 17.0 Å². The summed E-state index contributed by atoms with van der Waals surface area (Å²) in [7, 11) is 1.56. The van der Waals surface area contributed by atoms with Gasteiger partial charge in [-0.1, -0.05) is 11.6 Å². The normalized spacial score (nSPS) is 19.1. The molecule has 1 amide bonds. The number of nitriles is 1. The number of nitrogens with zero attached hydrogens (tertiary/aromatic N) is 2. The number of carbonyl (C=O) groups is 1. The minimum atomic E-state index is -3.65. The van der Waals surface area contributed by atoms with Crippen molar-refractivity contribution >= 4 is 42.9 Å². The maximum atomic E-state index is 12.0. The first-order valence-electron chi connectivity index (χ1n) is 5.72. The number of carbonyl (C=O) groups excluding carboxylic acids is 1. The number of anilines is 1. The van der Waals surface area contributed by atoms with E-state index in [-0.39, 0.29) is 30.5 Å². The lowest BCUT2D eigenvalue weighted by atomic mass is 10.1. The van der Waals surface area contributed by atoms with Gasteiger partial charge >= 0.3 is 0 Å². The van der Waals surface area contributed by atoms with Crippen LogP contribution in [-0.4, -0.2) is 26.6 Å². The number of halogens is 2. The third-order valence-corrected chi connectivity index (χ3v) is 4.57. The average Bonchev–Trinajstić information content (AvgIpc) is 2.68. The molecule has 1 atom stereocenters. The molecule has 1 saturated heterocycles. The van der Waals surface area contributed by atoms with Crippen molar-refractivity contribution in [3.8, 4) is 6.07 Å². The fourth-order valence-corrected chi connectivity index (χ4v) is 3.74. The van der Waals surface area contributed by atoms with E-state index in [0.717, 1.165) is 0 Å². The second kappa shape index (κ2) is 5.60. The van der Waals surface area contributed by atoms with Crippen molar-refractivity contribution in [3.05, 3.63) is 28.8 Å². The third-order valence-electron chi connectivity index (χ3n) is 3.01. The molecular weight excluding hydrogens is 323 g/mol. The molecule has 1 aromatic carbocycles. The zero-order chi connectivity index (χ0) is 14.9. The van der Waals surface area contributed by atoms with E-state index >= 15 is 0 Å². The first-order valence-corrected chi connectivity index (χ1v) is 8.58. The Kier molecular flexibility index (Phi) is 4.23. The van der Waals surface area contributed by atoms with E-state index in [4.69, 9.17) is 27.5 Å². The molecule has 2 rings (SSSR count). The Labute approximate surface area is 126 Å². The van der Waals surface area contributed by atoms with E-state index in [2.05, 4.69) is 0 Å². The van der Waals surface area contributed by atoms with Crippen LogP contribution in [0.3, 0.4) is 0 Å². The molecule has 0 aliphatic carbocycles. The van der Waals surface area contributed by atoms with Gasteiger partial charge in [0.05, 0.1) is 28.1 Å². The van der Waals surface area contributed by atoms with E-state index in [1.54, 1.807) is 6.07 Å². The van der Waals surface area contributed by atoms with Gasteiger partial charge in [-0.3, -0.25) is 4.79 Å². The molecule has 8 heteroatoms. The molecule has 1 aliphatic heterocycles. The molecule has 1 heterocycles. The second-order valence-electron chi connectivity index (χ2n) is 4.56. The highest BCUT2D eigenvalue weighted by Gasteiger charge is 2.34. The number of amides is 1. The lowest BCUT2D eigenvalue weighted by molar-refractivity contribution is -0.117. The third kappa shape index (κ3) is 3.42. The van der Waals surface area contributed by atoms with E-state index in [0.29, 0.717) is 16.3 Å². The molecule has 0 aromatic heterocycles. The summed E-state index contributed by atoms with van der Waals surface area (Å²) in [5.74, 6) is -0.856.